The predicted molar refractivity (Wildman–Crippen MR) is 150 cm³/mol. The van der Waals surface area contributed by atoms with Gasteiger partial charge in [-0.2, -0.15) is 5.10 Å². The molecule has 0 aliphatic carbocycles. The summed E-state index contributed by atoms with van der Waals surface area (Å²) in [5.41, 5.74) is 10.9. The Morgan fingerprint density at radius 2 is 1.77 bits per heavy atom. The van der Waals surface area contributed by atoms with E-state index in [0.717, 1.165) is 32.3 Å². The zero-order chi connectivity index (χ0) is 27.9. The van der Waals surface area contributed by atoms with Crippen molar-refractivity contribution in [2.24, 2.45) is 0 Å². The molecular weight excluding hydrogens is 546 g/mol. The van der Waals surface area contributed by atoms with Gasteiger partial charge in [0.1, 0.15) is 11.6 Å². The van der Waals surface area contributed by atoms with E-state index in [-0.39, 0.29) is 6.61 Å². The first kappa shape index (κ1) is 27.9. The number of carbonyl (C=O) groups is 1. The van der Waals surface area contributed by atoms with Gasteiger partial charge < -0.3 is 31.3 Å². The third-order valence-corrected chi connectivity index (χ3v) is 6.45. The fourth-order valence-corrected chi connectivity index (χ4v) is 4.93. The lowest BCUT2D eigenvalue weighted by molar-refractivity contribution is 0.262. The molecule has 5 aromatic rings. The highest BCUT2D eigenvalue weighted by molar-refractivity contribution is 7.30. The summed E-state index contributed by atoms with van der Waals surface area (Å²) in [6, 6.07) is 12.6. The average Bonchev–Trinajstić information content (AvgIpc) is 3.53. The fraction of sp³-hybridized carbons (Fsp3) is 0.0800. The van der Waals surface area contributed by atoms with Crippen molar-refractivity contribution in [1.82, 2.24) is 14.8 Å². The van der Waals surface area contributed by atoms with E-state index in [2.05, 4.69) is 20.7 Å². The Morgan fingerprint density at radius 1 is 1.05 bits per heavy atom. The van der Waals surface area contributed by atoms with E-state index in [9.17, 15) is 9.18 Å². The minimum Gasteiger partial charge on any atom is -0.394 e. The number of nitrogen functional groups attached to an aromatic ring is 1. The molecule has 2 amide bonds. The van der Waals surface area contributed by atoms with Crippen LogP contribution < -0.4 is 16.4 Å². The normalized spacial score (nSPS) is 10.8. The molecule has 7 N–H and O–H groups in total. The van der Waals surface area contributed by atoms with E-state index in [0.29, 0.717) is 23.7 Å². The topological polar surface area (TPSA) is 176 Å². The molecule has 202 valence electrons. The third-order valence-electron chi connectivity index (χ3n) is 5.43. The number of anilines is 3. The molecule has 11 nitrogen and oxygen atoms in total. The van der Waals surface area contributed by atoms with Crippen LogP contribution in [0.5, 0.6) is 0 Å². The third kappa shape index (κ3) is 7.05. The van der Waals surface area contributed by atoms with Gasteiger partial charge in [0, 0.05) is 50.5 Å². The predicted octanol–water partition coefficient (Wildman–Crippen LogP) is 4.55. The maximum absolute atomic E-state index is 13.3. The number of aromatic nitrogens is 3. The zero-order valence-electron chi connectivity index (χ0n) is 20.2. The largest absolute Gasteiger partial charge is 0.394 e. The lowest BCUT2D eigenvalue weighted by atomic mass is 10.0. The first-order valence-electron chi connectivity index (χ1n) is 11.4. The molecule has 0 aliphatic rings. The minimum atomic E-state index is -3.13. The number of amides is 2. The Morgan fingerprint density at radius 3 is 2.46 bits per heavy atom. The van der Waals surface area contributed by atoms with Crippen LogP contribution in [-0.4, -0.2) is 42.3 Å². The van der Waals surface area contributed by atoms with Gasteiger partial charge in [0.15, 0.2) is 0 Å². The molecule has 0 aliphatic heterocycles. The number of thiophene rings is 1. The second-order valence-electron chi connectivity index (χ2n) is 8.08. The highest BCUT2D eigenvalue weighted by Gasteiger charge is 2.16. The molecule has 2 aromatic carbocycles. The molecule has 0 bridgehead atoms. The molecule has 3 heterocycles. The molecule has 0 spiro atoms. The lowest BCUT2D eigenvalue weighted by Crippen LogP contribution is -2.19. The number of urea groups is 1. The number of carbonyl (C=O) groups excluding carboxylic acids is 1. The van der Waals surface area contributed by atoms with Gasteiger partial charge in [0.2, 0.25) is 0 Å². The van der Waals surface area contributed by atoms with Crippen LogP contribution in [0.25, 0.3) is 32.3 Å². The van der Waals surface area contributed by atoms with Gasteiger partial charge in [-0.15, -0.1) is 11.3 Å². The molecule has 0 radical (unpaired) electrons. The lowest BCUT2D eigenvalue weighted by Gasteiger charge is -2.09. The summed E-state index contributed by atoms with van der Waals surface area (Å²) in [5.74, 6) is 0.00507. The van der Waals surface area contributed by atoms with E-state index in [4.69, 9.17) is 25.2 Å². The van der Waals surface area contributed by atoms with Crippen molar-refractivity contribution in [3.05, 3.63) is 78.3 Å². The number of aliphatic hydroxyl groups is 1. The maximum atomic E-state index is 13.3. The second kappa shape index (κ2) is 12.6. The molecule has 39 heavy (non-hydrogen) atoms. The molecular formula is C25H24FN6O5PS. The number of nitrogens with two attached hydrogens (primary N) is 1. The smallest absolute Gasteiger partial charge is 0.323 e. The maximum Gasteiger partial charge on any atom is 0.323 e. The Labute approximate surface area is 226 Å². The first-order chi connectivity index (χ1) is 18.7. The van der Waals surface area contributed by atoms with Crippen LogP contribution in [0.15, 0.2) is 72.5 Å². The molecule has 0 saturated heterocycles. The number of rotatable bonds is 6. The van der Waals surface area contributed by atoms with E-state index < -0.39 is 20.1 Å². The Kier molecular flexibility index (Phi) is 9.02. The molecule has 0 atom stereocenters. The number of fused-ring (bicyclic) bond motifs is 1. The van der Waals surface area contributed by atoms with Crippen molar-refractivity contribution in [2.75, 3.05) is 23.0 Å². The van der Waals surface area contributed by atoms with Crippen LogP contribution in [0, 0.1) is 5.82 Å². The molecule has 5 rings (SSSR count). The van der Waals surface area contributed by atoms with Gasteiger partial charge in [-0.1, -0.05) is 18.2 Å². The number of hydrogen-bond acceptors (Lipinski definition) is 7. The molecule has 0 unspecified atom stereocenters. The summed E-state index contributed by atoms with van der Waals surface area (Å²) < 4.78 is 24.7. The van der Waals surface area contributed by atoms with Crippen molar-refractivity contribution in [2.45, 2.75) is 6.54 Å². The van der Waals surface area contributed by atoms with E-state index >= 15 is 0 Å². The van der Waals surface area contributed by atoms with Crippen molar-refractivity contribution >= 4 is 52.9 Å². The average molecular weight is 571 g/mol. The van der Waals surface area contributed by atoms with Crippen LogP contribution in [0.4, 0.5) is 26.4 Å². The van der Waals surface area contributed by atoms with Gasteiger partial charge in [0.25, 0.3) is 0 Å². The van der Waals surface area contributed by atoms with Gasteiger partial charge in [-0.3, -0.25) is 9.25 Å². The Bertz CT molecular complexity index is 1620. The molecule has 3 aromatic heterocycles. The van der Waals surface area contributed by atoms with Gasteiger partial charge in [-0.05, 0) is 41.3 Å². The van der Waals surface area contributed by atoms with Crippen LogP contribution >= 0.6 is 19.6 Å². The highest BCUT2D eigenvalue weighted by atomic mass is 32.1. The SMILES string of the molecule is Nc1ncc(-c2cnn(CCO)c2)c2scc(-c3ccc(NC(=O)Nc4cccc(F)c4)cc3)c12.O=[PH](O)O. The number of halogens is 1. The number of pyridine rings is 1. The molecule has 0 fully saturated rings. The second-order valence-corrected chi connectivity index (χ2v) is 9.52. The van der Waals surface area contributed by atoms with Crippen LogP contribution in [0.2, 0.25) is 0 Å². The minimum absolute atomic E-state index is 0.0109. The summed E-state index contributed by atoms with van der Waals surface area (Å²) >= 11 is 1.57. The van der Waals surface area contributed by atoms with Gasteiger partial charge in [0.05, 0.1) is 19.3 Å². The summed E-state index contributed by atoms with van der Waals surface area (Å²) in [7, 11) is -3.13. The number of nitrogens with zero attached hydrogens (tertiary/aromatic N) is 3. The summed E-state index contributed by atoms with van der Waals surface area (Å²) in [5, 5.41) is 21.7. The number of nitrogens with one attached hydrogen (secondary N) is 2. The Hall–Kier alpha value is -4.13. The summed E-state index contributed by atoms with van der Waals surface area (Å²) in [6.07, 6.45) is 5.36. The van der Waals surface area contributed by atoms with E-state index in [1.807, 2.05) is 23.7 Å². The van der Waals surface area contributed by atoms with Crippen molar-refractivity contribution in [3.8, 4) is 22.3 Å². The standard InChI is InChI=1S/C25H21FN6O2S.H3O3P/c26-17-2-1-3-19(10-17)31-25(34)30-18-6-4-15(5-7-18)21-14-35-23-20(12-28-24(27)22(21)23)16-11-29-32(13-16)8-9-33;1-4(2)3/h1-7,10-14,33H,8-9H2,(H2,27,28)(H2,30,31,34);4H,(H2,1,2,3). The first-order valence-corrected chi connectivity index (χ1v) is 13.6. The number of aliphatic hydroxyl groups excluding tert-OH is 1. The van der Waals surface area contributed by atoms with Crippen molar-refractivity contribution in [1.29, 1.82) is 0 Å². The Balaban J connectivity index is 0.000000826. The van der Waals surface area contributed by atoms with Gasteiger partial charge >= 0.3 is 14.3 Å². The summed E-state index contributed by atoms with van der Waals surface area (Å²) in [6.45, 7) is 0.429. The van der Waals surface area contributed by atoms with Gasteiger partial charge in [-0.25, -0.2) is 14.2 Å². The number of benzene rings is 2. The molecule has 14 heteroatoms. The van der Waals surface area contributed by atoms with Crippen molar-refractivity contribution < 1.29 is 28.6 Å². The summed E-state index contributed by atoms with van der Waals surface area (Å²) in [4.78, 5) is 31.0. The molecule has 0 saturated carbocycles. The van der Waals surface area contributed by atoms with Crippen LogP contribution in [0.1, 0.15) is 0 Å². The van der Waals surface area contributed by atoms with E-state index in [1.54, 1.807) is 46.6 Å². The van der Waals surface area contributed by atoms with E-state index in [1.165, 1.54) is 18.2 Å². The highest BCUT2D eigenvalue weighted by Crippen LogP contribution is 2.41. The monoisotopic (exact) mass is 570 g/mol. The van der Waals surface area contributed by atoms with Crippen LogP contribution in [-0.2, 0) is 11.1 Å². The quantitative estimate of drug-likeness (QED) is 0.161. The fourth-order valence-electron chi connectivity index (χ4n) is 3.81. The number of hydrogen-bond donors (Lipinski definition) is 6. The van der Waals surface area contributed by atoms with Crippen molar-refractivity contribution in [3.63, 3.8) is 0 Å². The zero-order valence-corrected chi connectivity index (χ0v) is 22.0. The van der Waals surface area contributed by atoms with Crippen LogP contribution in [0.3, 0.4) is 0 Å².